The van der Waals surface area contributed by atoms with Crippen LogP contribution in [0.2, 0.25) is 0 Å². The standard InChI is InChI=1S/C46H30N2/c1-2-12-32-27-35(24-23-31(32)11-1)33-13-9-16-38(28-33)48-45-22-8-5-19-41(45)42-26-25-36(30-46(42)48)34-14-10-15-37(29-34)47-43-20-6-3-17-39(43)40-18-4-7-21-44(40)47/h1-30H. The molecule has 0 saturated carbocycles. The Morgan fingerprint density at radius 2 is 0.688 bits per heavy atom. The van der Waals surface area contributed by atoms with Crippen LogP contribution >= 0.6 is 0 Å². The van der Waals surface area contributed by atoms with E-state index < -0.39 is 0 Å². The monoisotopic (exact) mass is 610 g/mol. The van der Waals surface area contributed by atoms with Crippen molar-refractivity contribution in [2.45, 2.75) is 0 Å². The topological polar surface area (TPSA) is 9.86 Å². The molecular formula is C46H30N2. The van der Waals surface area contributed by atoms with Crippen molar-refractivity contribution in [1.29, 1.82) is 0 Å². The van der Waals surface area contributed by atoms with Crippen molar-refractivity contribution in [3.05, 3.63) is 182 Å². The van der Waals surface area contributed by atoms with E-state index in [0.717, 1.165) is 11.4 Å². The Kier molecular flexibility index (Phi) is 5.91. The second kappa shape index (κ2) is 10.6. The molecule has 0 radical (unpaired) electrons. The summed E-state index contributed by atoms with van der Waals surface area (Å²) in [7, 11) is 0. The predicted octanol–water partition coefficient (Wildman–Crippen LogP) is 12.4. The summed E-state index contributed by atoms with van der Waals surface area (Å²) in [6.07, 6.45) is 0. The molecule has 10 rings (SSSR count). The number of hydrogen-bond acceptors (Lipinski definition) is 0. The molecule has 0 aliphatic carbocycles. The molecule has 10 aromatic rings. The van der Waals surface area contributed by atoms with E-state index in [2.05, 4.69) is 191 Å². The number of fused-ring (bicyclic) bond motifs is 7. The molecule has 0 aliphatic heterocycles. The van der Waals surface area contributed by atoms with Crippen LogP contribution in [-0.4, -0.2) is 9.13 Å². The van der Waals surface area contributed by atoms with Gasteiger partial charge in [0.05, 0.1) is 22.1 Å². The summed E-state index contributed by atoms with van der Waals surface area (Å²) in [6.45, 7) is 0. The molecule has 0 aliphatic rings. The van der Waals surface area contributed by atoms with Crippen molar-refractivity contribution in [1.82, 2.24) is 9.13 Å². The number of para-hydroxylation sites is 3. The highest BCUT2D eigenvalue weighted by molar-refractivity contribution is 6.11. The van der Waals surface area contributed by atoms with E-state index in [1.54, 1.807) is 0 Å². The van der Waals surface area contributed by atoms with E-state index in [1.165, 1.54) is 76.6 Å². The Labute approximate surface area is 278 Å². The SMILES string of the molecule is c1cc(-c2ccc3c4ccccc4n(-c4cccc(-c5ccc6ccccc6c5)c4)c3c2)cc(-n2c3ccccc3c3ccccc32)c1. The van der Waals surface area contributed by atoms with Crippen LogP contribution < -0.4 is 0 Å². The van der Waals surface area contributed by atoms with Gasteiger partial charge in [-0.3, -0.25) is 0 Å². The van der Waals surface area contributed by atoms with Crippen molar-refractivity contribution in [2.75, 3.05) is 0 Å². The van der Waals surface area contributed by atoms with Crippen LogP contribution in [0.4, 0.5) is 0 Å². The molecule has 2 nitrogen and oxygen atoms in total. The van der Waals surface area contributed by atoms with E-state index in [9.17, 15) is 0 Å². The van der Waals surface area contributed by atoms with Crippen LogP contribution in [0.1, 0.15) is 0 Å². The first-order chi connectivity index (χ1) is 23.8. The van der Waals surface area contributed by atoms with Gasteiger partial charge in [-0.05, 0) is 87.6 Å². The average Bonchev–Trinajstić information content (AvgIpc) is 3.67. The Morgan fingerprint density at radius 3 is 1.29 bits per heavy atom. The van der Waals surface area contributed by atoms with E-state index >= 15 is 0 Å². The summed E-state index contributed by atoms with van der Waals surface area (Å²) in [6, 6.07) is 66.3. The van der Waals surface area contributed by atoms with Gasteiger partial charge in [-0.25, -0.2) is 0 Å². The van der Waals surface area contributed by atoms with Crippen LogP contribution in [0, 0.1) is 0 Å². The molecule has 0 N–H and O–H groups in total. The molecule has 48 heavy (non-hydrogen) atoms. The fourth-order valence-corrected chi connectivity index (χ4v) is 7.65. The molecule has 0 spiro atoms. The van der Waals surface area contributed by atoms with Gasteiger partial charge in [-0.1, -0.05) is 127 Å². The lowest BCUT2D eigenvalue weighted by atomic mass is 10.0. The molecule has 224 valence electrons. The first kappa shape index (κ1) is 26.8. The van der Waals surface area contributed by atoms with Gasteiger partial charge in [-0.15, -0.1) is 0 Å². The number of aromatic nitrogens is 2. The molecule has 2 heterocycles. The molecule has 0 bridgehead atoms. The normalized spacial score (nSPS) is 11.8. The number of benzene rings is 8. The van der Waals surface area contributed by atoms with Gasteiger partial charge >= 0.3 is 0 Å². The highest BCUT2D eigenvalue weighted by Crippen LogP contribution is 2.37. The molecule has 0 atom stereocenters. The van der Waals surface area contributed by atoms with Gasteiger partial charge in [0.15, 0.2) is 0 Å². The van der Waals surface area contributed by atoms with E-state index in [4.69, 9.17) is 0 Å². The summed E-state index contributed by atoms with van der Waals surface area (Å²) in [5.41, 5.74) is 12.0. The van der Waals surface area contributed by atoms with Gasteiger partial charge in [-0.2, -0.15) is 0 Å². The van der Waals surface area contributed by atoms with Gasteiger partial charge in [0.2, 0.25) is 0 Å². The van der Waals surface area contributed by atoms with Crippen LogP contribution in [0.3, 0.4) is 0 Å². The molecule has 2 heteroatoms. The van der Waals surface area contributed by atoms with Crippen molar-refractivity contribution < 1.29 is 0 Å². The third kappa shape index (κ3) is 4.13. The minimum Gasteiger partial charge on any atom is -0.309 e. The summed E-state index contributed by atoms with van der Waals surface area (Å²) in [5, 5.41) is 7.57. The van der Waals surface area contributed by atoms with Gasteiger partial charge < -0.3 is 9.13 Å². The lowest BCUT2D eigenvalue weighted by molar-refractivity contribution is 1.18. The van der Waals surface area contributed by atoms with Crippen LogP contribution in [0.25, 0.3) is 88.0 Å². The van der Waals surface area contributed by atoms with Crippen molar-refractivity contribution in [2.24, 2.45) is 0 Å². The molecule has 0 fully saturated rings. The van der Waals surface area contributed by atoms with Crippen molar-refractivity contribution >= 4 is 54.4 Å². The summed E-state index contributed by atoms with van der Waals surface area (Å²) < 4.78 is 4.82. The maximum absolute atomic E-state index is 2.43. The van der Waals surface area contributed by atoms with Crippen molar-refractivity contribution in [3.63, 3.8) is 0 Å². The highest BCUT2D eigenvalue weighted by Gasteiger charge is 2.16. The zero-order valence-electron chi connectivity index (χ0n) is 26.2. The first-order valence-corrected chi connectivity index (χ1v) is 16.5. The van der Waals surface area contributed by atoms with E-state index in [1.807, 2.05) is 0 Å². The Hall–Kier alpha value is -6.38. The third-order valence-corrected chi connectivity index (χ3v) is 9.88. The van der Waals surface area contributed by atoms with Crippen LogP contribution in [0.15, 0.2) is 182 Å². The average molecular weight is 611 g/mol. The van der Waals surface area contributed by atoms with E-state index in [-0.39, 0.29) is 0 Å². The van der Waals surface area contributed by atoms with Gasteiger partial charge in [0.1, 0.15) is 0 Å². The smallest absolute Gasteiger partial charge is 0.0547 e. The molecule has 0 unspecified atom stereocenters. The second-order valence-corrected chi connectivity index (χ2v) is 12.6. The molecule has 0 saturated heterocycles. The van der Waals surface area contributed by atoms with Crippen LogP contribution in [-0.2, 0) is 0 Å². The maximum Gasteiger partial charge on any atom is 0.0547 e. The molecule has 0 amide bonds. The lowest BCUT2D eigenvalue weighted by Crippen LogP contribution is -1.95. The quantitative estimate of drug-likeness (QED) is 0.188. The minimum absolute atomic E-state index is 1.16. The van der Waals surface area contributed by atoms with Crippen molar-refractivity contribution in [3.8, 4) is 33.6 Å². The first-order valence-electron chi connectivity index (χ1n) is 16.5. The van der Waals surface area contributed by atoms with Crippen LogP contribution in [0.5, 0.6) is 0 Å². The van der Waals surface area contributed by atoms with Gasteiger partial charge in [0.25, 0.3) is 0 Å². The number of nitrogens with zero attached hydrogens (tertiary/aromatic N) is 2. The Morgan fingerprint density at radius 1 is 0.250 bits per heavy atom. The third-order valence-electron chi connectivity index (χ3n) is 9.88. The predicted molar refractivity (Wildman–Crippen MR) is 203 cm³/mol. The molecular weight excluding hydrogens is 581 g/mol. The summed E-state index contributed by atoms with van der Waals surface area (Å²) in [4.78, 5) is 0. The molecule has 2 aromatic heterocycles. The zero-order valence-corrected chi connectivity index (χ0v) is 26.2. The fourth-order valence-electron chi connectivity index (χ4n) is 7.65. The van der Waals surface area contributed by atoms with Gasteiger partial charge in [0, 0.05) is 32.9 Å². The molecule has 8 aromatic carbocycles. The minimum atomic E-state index is 1.16. The fraction of sp³-hybridized carbons (Fsp3) is 0. The largest absolute Gasteiger partial charge is 0.309 e. The number of rotatable bonds is 4. The Bertz CT molecular complexity index is 2790. The Balaban J connectivity index is 1.14. The summed E-state index contributed by atoms with van der Waals surface area (Å²) in [5.74, 6) is 0. The maximum atomic E-state index is 2.43. The summed E-state index contributed by atoms with van der Waals surface area (Å²) >= 11 is 0. The second-order valence-electron chi connectivity index (χ2n) is 12.6. The lowest BCUT2D eigenvalue weighted by Gasteiger charge is -2.13. The number of hydrogen-bond donors (Lipinski definition) is 0. The highest BCUT2D eigenvalue weighted by atomic mass is 15.0. The van der Waals surface area contributed by atoms with E-state index in [0.29, 0.717) is 0 Å². The zero-order chi connectivity index (χ0) is 31.6.